The van der Waals surface area contributed by atoms with E-state index in [4.69, 9.17) is 9.84 Å². The van der Waals surface area contributed by atoms with Gasteiger partial charge in [-0.15, -0.1) is 0 Å². The Morgan fingerprint density at radius 1 is 1.33 bits per heavy atom. The summed E-state index contributed by atoms with van der Waals surface area (Å²) >= 11 is 0. The zero-order valence-electron chi connectivity index (χ0n) is 13.4. The lowest BCUT2D eigenvalue weighted by molar-refractivity contribution is -0.122. The molecule has 0 aliphatic rings. The average Bonchev–Trinajstić information content (AvgIpc) is 2.46. The van der Waals surface area contributed by atoms with Gasteiger partial charge in [-0.1, -0.05) is 32.9 Å². The molecule has 0 saturated carbocycles. The van der Waals surface area contributed by atoms with Crippen LogP contribution in [-0.2, 0) is 4.79 Å². The average molecular weight is 293 g/mol. The minimum atomic E-state index is 0.0254. The first-order chi connectivity index (χ1) is 9.97. The molecule has 118 valence electrons. The Balaban J connectivity index is 2.60. The molecule has 0 radical (unpaired) electrons. The quantitative estimate of drug-likeness (QED) is 0.775. The number of carbonyl (C=O) groups is 1. The zero-order chi connectivity index (χ0) is 15.8. The van der Waals surface area contributed by atoms with Crippen LogP contribution in [0.15, 0.2) is 24.3 Å². The van der Waals surface area contributed by atoms with Crippen LogP contribution in [0.5, 0.6) is 5.75 Å². The van der Waals surface area contributed by atoms with Crippen LogP contribution >= 0.6 is 0 Å². The number of methoxy groups -OCH3 is 1. The summed E-state index contributed by atoms with van der Waals surface area (Å²) in [5.41, 5.74) is 1.09. The maximum Gasteiger partial charge on any atom is 0.220 e. The van der Waals surface area contributed by atoms with Crippen LogP contribution in [0.4, 0.5) is 0 Å². The third kappa shape index (κ3) is 5.76. The summed E-state index contributed by atoms with van der Waals surface area (Å²) in [5.74, 6) is 1.27. The number of nitrogens with one attached hydrogen (secondary N) is 1. The van der Waals surface area contributed by atoms with Crippen molar-refractivity contribution in [1.29, 1.82) is 0 Å². The number of aliphatic hydroxyl groups is 1. The number of carbonyl (C=O) groups excluding carboxylic acids is 1. The lowest BCUT2D eigenvalue weighted by Gasteiger charge is -2.22. The summed E-state index contributed by atoms with van der Waals surface area (Å²) in [7, 11) is 1.64. The number of hydrogen-bond donors (Lipinski definition) is 2. The minimum absolute atomic E-state index is 0.0254. The molecule has 21 heavy (non-hydrogen) atoms. The first kappa shape index (κ1) is 17.5. The second kappa shape index (κ2) is 8.67. The third-order valence-electron chi connectivity index (χ3n) is 3.75. The third-order valence-corrected chi connectivity index (χ3v) is 3.75. The number of benzene rings is 1. The fraction of sp³-hybridized carbons (Fsp3) is 0.588. The van der Waals surface area contributed by atoms with E-state index in [1.165, 1.54) is 0 Å². The van der Waals surface area contributed by atoms with Gasteiger partial charge in [0.15, 0.2) is 0 Å². The molecule has 0 bridgehead atoms. The van der Waals surface area contributed by atoms with Gasteiger partial charge in [-0.2, -0.15) is 0 Å². The smallest absolute Gasteiger partial charge is 0.220 e. The normalized spacial score (nSPS) is 13.8. The summed E-state index contributed by atoms with van der Waals surface area (Å²) in [6, 6.07) is 7.83. The monoisotopic (exact) mass is 293 g/mol. The number of hydrogen-bond acceptors (Lipinski definition) is 3. The van der Waals surface area contributed by atoms with E-state index in [9.17, 15) is 4.79 Å². The first-order valence-electron chi connectivity index (χ1n) is 7.52. The number of amides is 1. The molecule has 0 aliphatic heterocycles. The molecule has 4 heteroatoms. The molecule has 0 aromatic heterocycles. The Kier molecular flexibility index (Phi) is 7.23. The largest absolute Gasteiger partial charge is 0.497 e. The van der Waals surface area contributed by atoms with E-state index in [0.717, 1.165) is 11.3 Å². The molecular weight excluding hydrogens is 266 g/mol. The van der Waals surface area contributed by atoms with Crippen LogP contribution < -0.4 is 10.1 Å². The van der Waals surface area contributed by atoms with Crippen LogP contribution in [0.3, 0.4) is 0 Å². The maximum atomic E-state index is 12.1. The molecule has 0 heterocycles. The molecule has 0 aliphatic carbocycles. The van der Waals surface area contributed by atoms with Crippen LogP contribution in [0, 0.1) is 5.92 Å². The summed E-state index contributed by atoms with van der Waals surface area (Å²) < 4.78 is 5.21. The Bertz CT molecular complexity index is 445. The van der Waals surface area contributed by atoms with Gasteiger partial charge in [0.2, 0.25) is 5.91 Å². The van der Waals surface area contributed by atoms with E-state index in [0.29, 0.717) is 18.8 Å². The van der Waals surface area contributed by atoms with E-state index < -0.39 is 0 Å². The second-order valence-electron chi connectivity index (χ2n) is 5.81. The molecular formula is C17H27NO3. The lowest BCUT2D eigenvalue weighted by Crippen LogP contribution is -2.39. The van der Waals surface area contributed by atoms with Crippen molar-refractivity contribution in [2.24, 2.45) is 5.92 Å². The van der Waals surface area contributed by atoms with Gasteiger partial charge >= 0.3 is 0 Å². The molecule has 0 spiro atoms. The van der Waals surface area contributed by atoms with Crippen molar-refractivity contribution < 1.29 is 14.6 Å². The van der Waals surface area contributed by atoms with Gasteiger partial charge in [-0.25, -0.2) is 0 Å². The molecule has 1 aromatic carbocycles. The van der Waals surface area contributed by atoms with E-state index in [1.54, 1.807) is 7.11 Å². The number of ether oxygens (including phenoxy) is 1. The van der Waals surface area contributed by atoms with Gasteiger partial charge in [0.05, 0.1) is 7.11 Å². The van der Waals surface area contributed by atoms with Crippen molar-refractivity contribution in [3.63, 3.8) is 0 Å². The molecule has 0 fully saturated rings. The van der Waals surface area contributed by atoms with E-state index in [-0.39, 0.29) is 24.5 Å². The minimum Gasteiger partial charge on any atom is -0.497 e. The van der Waals surface area contributed by atoms with Crippen LogP contribution in [0.1, 0.15) is 45.1 Å². The van der Waals surface area contributed by atoms with Crippen molar-refractivity contribution in [3.8, 4) is 5.75 Å². The highest BCUT2D eigenvalue weighted by Crippen LogP contribution is 2.23. The Labute approximate surface area is 127 Å². The van der Waals surface area contributed by atoms with Gasteiger partial charge < -0.3 is 15.2 Å². The predicted octanol–water partition coefficient (Wildman–Crippen LogP) is 2.71. The molecule has 4 nitrogen and oxygen atoms in total. The number of rotatable bonds is 8. The standard InChI is InChI=1S/C17H27NO3/c1-12(2)16(8-9-19)18-17(20)10-13(3)14-6-5-7-15(11-14)21-4/h5-7,11-13,16,19H,8-10H2,1-4H3,(H,18,20). The highest BCUT2D eigenvalue weighted by molar-refractivity contribution is 5.77. The van der Waals surface area contributed by atoms with E-state index >= 15 is 0 Å². The summed E-state index contributed by atoms with van der Waals surface area (Å²) in [6.45, 7) is 6.22. The van der Waals surface area contributed by atoms with Gasteiger partial charge in [0.25, 0.3) is 0 Å². The molecule has 0 saturated heterocycles. The second-order valence-corrected chi connectivity index (χ2v) is 5.81. The van der Waals surface area contributed by atoms with Crippen molar-refractivity contribution in [1.82, 2.24) is 5.32 Å². The van der Waals surface area contributed by atoms with Gasteiger partial charge in [0, 0.05) is 19.1 Å². The van der Waals surface area contributed by atoms with Crippen LogP contribution in [0.2, 0.25) is 0 Å². The molecule has 2 unspecified atom stereocenters. The van der Waals surface area contributed by atoms with Crippen molar-refractivity contribution in [2.45, 2.75) is 45.6 Å². The fourth-order valence-corrected chi connectivity index (χ4v) is 2.32. The Hall–Kier alpha value is -1.55. The summed E-state index contributed by atoms with van der Waals surface area (Å²) in [5, 5.41) is 12.1. The molecule has 2 atom stereocenters. The van der Waals surface area contributed by atoms with Gasteiger partial charge in [-0.05, 0) is 36.0 Å². The van der Waals surface area contributed by atoms with Crippen LogP contribution in [0.25, 0.3) is 0 Å². The molecule has 1 rings (SSSR count). The highest BCUT2D eigenvalue weighted by atomic mass is 16.5. The summed E-state index contributed by atoms with van der Waals surface area (Å²) in [6.07, 6.45) is 1.03. The topological polar surface area (TPSA) is 58.6 Å². The van der Waals surface area contributed by atoms with E-state index in [2.05, 4.69) is 5.32 Å². The highest BCUT2D eigenvalue weighted by Gasteiger charge is 2.18. The lowest BCUT2D eigenvalue weighted by atomic mass is 9.96. The Morgan fingerprint density at radius 2 is 2.05 bits per heavy atom. The summed E-state index contributed by atoms with van der Waals surface area (Å²) in [4.78, 5) is 12.1. The Morgan fingerprint density at radius 3 is 2.62 bits per heavy atom. The van der Waals surface area contributed by atoms with Gasteiger partial charge in [-0.3, -0.25) is 4.79 Å². The molecule has 2 N–H and O–H groups in total. The molecule has 1 aromatic rings. The van der Waals surface area contributed by atoms with Crippen molar-refractivity contribution in [2.75, 3.05) is 13.7 Å². The maximum absolute atomic E-state index is 12.1. The molecule has 1 amide bonds. The fourth-order valence-electron chi connectivity index (χ4n) is 2.32. The van der Waals surface area contributed by atoms with Crippen molar-refractivity contribution >= 4 is 5.91 Å². The van der Waals surface area contributed by atoms with Gasteiger partial charge in [0.1, 0.15) is 5.75 Å². The predicted molar refractivity (Wildman–Crippen MR) is 84.5 cm³/mol. The number of aliphatic hydroxyl groups excluding tert-OH is 1. The first-order valence-corrected chi connectivity index (χ1v) is 7.52. The van der Waals surface area contributed by atoms with Crippen LogP contribution in [-0.4, -0.2) is 30.8 Å². The zero-order valence-corrected chi connectivity index (χ0v) is 13.4. The van der Waals surface area contributed by atoms with Crippen molar-refractivity contribution in [3.05, 3.63) is 29.8 Å². The SMILES string of the molecule is COc1cccc(C(C)CC(=O)NC(CCO)C(C)C)c1. The van der Waals surface area contributed by atoms with E-state index in [1.807, 2.05) is 45.0 Å².